The van der Waals surface area contributed by atoms with Crippen LogP contribution in [0.1, 0.15) is 38.5 Å². The maximum absolute atomic E-state index is 11.1. The molecule has 1 saturated carbocycles. The zero-order valence-corrected chi connectivity index (χ0v) is 9.19. The maximum atomic E-state index is 11.1. The molecular formula is C11H19NO3. The van der Waals surface area contributed by atoms with Gasteiger partial charge in [0.1, 0.15) is 6.04 Å². The predicted octanol–water partition coefficient (Wildman–Crippen LogP) is 1.50. The van der Waals surface area contributed by atoms with Crippen LogP contribution in [0.15, 0.2) is 0 Å². The van der Waals surface area contributed by atoms with Crippen molar-refractivity contribution in [3.8, 4) is 0 Å². The Morgan fingerprint density at radius 3 is 2.27 bits per heavy atom. The van der Waals surface area contributed by atoms with Crippen molar-refractivity contribution >= 4 is 12.4 Å². The number of carboxylic acid groups (broad SMARTS) is 1. The number of amides is 1. The standard InChI is InChI=1S/C11H19NO3/c1-12(8-13)10(11(14)15)9-6-4-2-3-5-7-9/h8-10H,2-7H2,1H3,(H,14,15). The summed E-state index contributed by atoms with van der Waals surface area (Å²) in [4.78, 5) is 23.0. The van der Waals surface area contributed by atoms with E-state index in [-0.39, 0.29) is 5.92 Å². The van der Waals surface area contributed by atoms with Crippen molar-refractivity contribution in [1.82, 2.24) is 4.90 Å². The van der Waals surface area contributed by atoms with E-state index in [2.05, 4.69) is 0 Å². The quantitative estimate of drug-likeness (QED) is 0.568. The van der Waals surface area contributed by atoms with E-state index in [1.165, 1.54) is 17.7 Å². The van der Waals surface area contributed by atoms with Gasteiger partial charge in [-0.3, -0.25) is 4.79 Å². The first-order valence-corrected chi connectivity index (χ1v) is 5.57. The van der Waals surface area contributed by atoms with Crippen LogP contribution in [0.5, 0.6) is 0 Å². The molecule has 1 atom stereocenters. The van der Waals surface area contributed by atoms with Crippen molar-refractivity contribution < 1.29 is 14.7 Å². The summed E-state index contributed by atoms with van der Waals surface area (Å²) in [5, 5.41) is 9.12. The molecule has 4 nitrogen and oxygen atoms in total. The summed E-state index contributed by atoms with van der Waals surface area (Å²) < 4.78 is 0. The van der Waals surface area contributed by atoms with Crippen LogP contribution < -0.4 is 0 Å². The number of carboxylic acids is 1. The van der Waals surface area contributed by atoms with Crippen LogP contribution in [0.25, 0.3) is 0 Å². The van der Waals surface area contributed by atoms with E-state index in [0.717, 1.165) is 25.7 Å². The summed E-state index contributed by atoms with van der Waals surface area (Å²) in [6.45, 7) is 0. The fourth-order valence-corrected chi connectivity index (χ4v) is 2.40. The molecule has 0 radical (unpaired) electrons. The van der Waals surface area contributed by atoms with Gasteiger partial charge in [-0.25, -0.2) is 4.79 Å². The highest BCUT2D eigenvalue weighted by Gasteiger charge is 2.31. The lowest BCUT2D eigenvalue weighted by atomic mass is 9.91. The van der Waals surface area contributed by atoms with Gasteiger partial charge >= 0.3 is 5.97 Å². The lowest BCUT2D eigenvalue weighted by molar-refractivity contribution is -0.148. The molecule has 0 aliphatic heterocycles. The number of hydrogen-bond donors (Lipinski definition) is 1. The normalized spacial score (nSPS) is 20.3. The van der Waals surface area contributed by atoms with E-state index in [4.69, 9.17) is 5.11 Å². The molecule has 0 aromatic carbocycles. The van der Waals surface area contributed by atoms with Crippen molar-refractivity contribution in [3.05, 3.63) is 0 Å². The van der Waals surface area contributed by atoms with Gasteiger partial charge in [-0.15, -0.1) is 0 Å². The number of hydrogen-bond acceptors (Lipinski definition) is 2. The van der Waals surface area contributed by atoms with E-state index in [9.17, 15) is 9.59 Å². The van der Waals surface area contributed by atoms with Crippen LogP contribution in [0.4, 0.5) is 0 Å². The number of rotatable bonds is 4. The molecule has 0 aromatic heterocycles. The molecule has 4 heteroatoms. The minimum absolute atomic E-state index is 0.125. The fraction of sp³-hybridized carbons (Fsp3) is 0.818. The van der Waals surface area contributed by atoms with Crippen LogP contribution >= 0.6 is 0 Å². The predicted molar refractivity (Wildman–Crippen MR) is 56.4 cm³/mol. The van der Waals surface area contributed by atoms with Gasteiger partial charge in [0.2, 0.25) is 6.41 Å². The first-order chi connectivity index (χ1) is 7.16. The van der Waals surface area contributed by atoms with Crippen LogP contribution in [0.3, 0.4) is 0 Å². The Morgan fingerprint density at radius 2 is 1.87 bits per heavy atom. The average molecular weight is 213 g/mol. The Labute approximate surface area is 90.3 Å². The third-order valence-electron chi connectivity index (χ3n) is 3.20. The summed E-state index contributed by atoms with van der Waals surface area (Å²) in [5.41, 5.74) is 0. The van der Waals surface area contributed by atoms with Crippen molar-refractivity contribution in [2.45, 2.75) is 44.6 Å². The Bertz CT molecular complexity index is 222. The molecule has 1 rings (SSSR count). The molecule has 1 N–H and O–H groups in total. The minimum atomic E-state index is -0.878. The molecule has 1 aliphatic carbocycles. The summed E-state index contributed by atoms with van der Waals surface area (Å²) >= 11 is 0. The average Bonchev–Trinajstić information content (AvgIpc) is 2.46. The zero-order chi connectivity index (χ0) is 11.3. The molecule has 1 unspecified atom stereocenters. The van der Waals surface area contributed by atoms with Crippen molar-refractivity contribution in [1.29, 1.82) is 0 Å². The Kier molecular flexibility index (Phi) is 4.59. The molecule has 0 heterocycles. The van der Waals surface area contributed by atoms with Crippen molar-refractivity contribution in [2.75, 3.05) is 7.05 Å². The maximum Gasteiger partial charge on any atom is 0.326 e. The summed E-state index contributed by atoms with van der Waals surface area (Å²) in [6, 6.07) is -0.638. The molecule has 0 spiro atoms. The first-order valence-electron chi connectivity index (χ1n) is 5.57. The van der Waals surface area contributed by atoms with Gasteiger partial charge < -0.3 is 10.0 Å². The monoisotopic (exact) mass is 213 g/mol. The molecule has 0 aromatic rings. The lowest BCUT2D eigenvalue weighted by Crippen LogP contribution is -2.43. The molecule has 1 aliphatic rings. The molecule has 0 bridgehead atoms. The Balaban J connectivity index is 2.68. The van der Waals surface area contributed by atoms with Gasteiger partial charge in [-0.2, -0.15) is 0 Å². The fourth-order valence-electron chi connectivity index (χ4n) is 2.40. The second-order valence-electron chi connectivity index (χ2n) is 4.31. The molecule has 1 amide bonds. The van der Waals surface area contributed by atoms with E-state index < -0.39 is 12.0 Å². The highest BCUT2D eigenvalue weighted by atomic mass is 16.4. The topological polar surface area (TPSA) is 57.6 Å². The number of likely N-dealkylation sites (N-methyl/N-ethyl adjacent to an activating group) is 1. The van der Waals surface area contributed by atoms with Crippen LogP contribution in [-0.4, -0.2) is 35.5 Å². The molecule has 86 valence electrons. The van der Waals surface area contributed by atoms with Gasteiger partial charge in [-0.05, 0) is 18.8 Å². The largest absolute Gasteiger partial charge is 0.480 e. The summed E-state index contributed by atoms with van der Waals surface area (Å²) in [7, 11) is 1.55. The summed E-state index contributed by atoms with van der Waals surface area (Å²) in [6.07, 6.45) is 7.01. The van der Waals surface area contributed by atoms with Crippen LogP contribution in [0.2, 0.25) is 0 Å². The minimum Gasteiger partial charge on any atom is -0.480 e. The number of carbonyl (C=O) groups is 2. The van der Waals surface area contributed by atoms with Gasteiger partial charge in [0.25, 0.3) is 0 Å². The number of nitrogens with zero attached hydrogens (tertiary/aromatic N) is 1. The highest BCUT2D eigenvalue weighted by molar-refractivity contribution is 5.76. The molecular weight excluding hydrogens is 194 g/mol. The van der Waals surface area contributed by atoms with E-state index in [1.54, 1.807) is 7.05 Å². The van der Waals surface area contributed by atoms with Gasteiger partial charge in [0.15, 0.2) is 0 Å². The van der Waals surface area contributed by atoms with E-state index in [1.807, 2.05) is 0 Å². The molecule has 15 heavy (non-hydrogen) atoms. The second-order valence-corrected chi connectivity index (χ2v) is 4.31. The van der Waals surface area contributed by atoms with E-state index in [0.29, 0.717) is 6.41 Å². The van der Waals surface area contributed by atoms with Crippen LogP contribution in [-0.2, 0) is 9.59 Å². The van der Waals surface area contributed by atoms with Gasteiger partial charge in [0.05, 0.1) is 0 Å². The zero-order valence-electron chi connectivity index (χ0n) is 9.19. The lowest BCUT2D eigenvalue weighted by Gasteiger charge is -2.28. The third kappa shape index (κ3) is 3.22. The summed E-state index contributed by atoms with van der Waals surface area (Å²) in [5.74, 6) is -0.753. The first kappa shape index (κ1) is 12.0. The third-order valence-corrected chi connectivity index (χ3v) is 3.20. The molecule has 0 saturated heterocycles. The smallest absolute Gasteiger partial charge is 0.326 e. The van der Waals surface area contributed by atoms with Gasteiger partial charge in [0, 0.05) is 7.05 Å². The number of carbonyl (C=O) groups excluding carboxylic acids is 1. The highest BCUT2D eigenvalue weighted by Crippen LogP contribution is 2.27. The SMILES string of the molecule is CN(C=O)C(C(=O)O)C1CCCCCC1. The van der Waals surface area contributed by atoms with Crippen molar-refractivity contribution in [2.24, 2.45) is 5.92 Å². The van der Waals surface area contributed by atoms with Crippen LogP contribution in [0, 0.1) is 5.92 Å². The Hall–Kier alpha value is -1.06. The Morgan fingerprint density at radius 1 is 1.33 bits per heavy atom. The number of aliphatic carboxylic acids is 1. The van der Waals surface area contributed by atoms with Gasteiger partial charge in [-0.1, -0.05) is 25.7 Å². The van der Waals surface area contributed by atoms with Crippen molar-refractivity contribution in [3.63, 3.8) is 0 Å². The molecule has 1 fully saturated rings. The van der Waals surface area contributed by atoms with E-state index >= 15 is 0 Å². The second kappa shape index (κ2) is 5.73.